The number of carbonyl (C=O) groups excluding carboxylic acids is 1. The van der Waals surface area contributed by atoms with Gasteiger partial charge < -0.3 is 9.73 Å². The lowest BCUT2D eigenvalue weighted by molar-refractivity contribution is -0.132. The van der Waals surface area contributed by atoms with Crippen molar-refractivity contribution in [1.29, 1.82) is 0 Å². The molecule has 1 amide bonds. The molecule has 0 radical (unpaired) electrons. The average molecular weight is 248 g/mol. The van der Waals surface area contributed by atoms with Crippen LogP contribution in [0.25, 0.3) is 0 Å². The lowest BCUT2D eigenvalue weighted by atomic mass is 10.2. The molecule has 0 aliphatic heterocycles. The second-order valence-electron chi connectivity index (χ2n) is 3.96. The third-order valence-electron chi connectivity index (χ3n) is 2.45. The van der Waals surface area contributed by atoms with E-state index in [-0.39, 0.29) is 11.6 Å². The molecule has 0 spiro atoms. The highest BCUT2D eigenvalue weighted by atomic mass is 19.4. The van der Waals surface area contributed by atoms with E-state index in [1.807, 2.05) is 0 Å². The number of rotatable bonds is 4. The molecule has 2 rings (SSSR count). The average Bonchev–Trinajstić information content (AvgIpc) is 2.94. The van der Waals surface area contributed by atoms with Crippen LogP contribution >= 0.6 is 0 Å². The van der Waals surface area contributed by atoms with Crippen LogP contribution in [0, 0.1) is 0 Å². The van der Waals surface area contributed by atoms with Crippen molar-refractivity contribution in [2.75, 3.05) is 6.54 Å². The fraction of sp³-hybridized carbons (Fsp3) is 0.600. The van der Waals surface area contributed by atoms with Gasteiger partial charge in [-0.1, -0.05) is 0 Å². The number of nitrogens with zero attached hydrogens (tertiary/aromatic N) is 1. The third-order valence-corrected chi connectivity index (χ3v) is 2.45. The molecule has 94 valence electrons. The Kier molecular flexibility index (Phi) is 3.08. The molecule has 1 aromatic heterocycles. The minimum Gasteiger partial charge on any atom is -0.447 e. The predicted molar refractivity (Wildman–Crippen MR) is 51.5 cm³/mol. The number of halogens is 3. The van der Waals surface area contributed by atoms with Crippen LogP contribution in [0.15, 0.2) is 10.8 Å². The van der Waals surface area contributed by atoms with Crippen molar-refractivity contribution in [2.45, 2.75) is 31.4 Å². The second kappa shape index (κ2) is 4.38. The molecule has 0 saturated heterocycles. The number of carbonyl (C=O) groups is 1. The molecule has 7 heteroatoms. The normalized spacial score (nSPS) is 15.9. The Morgan fingerprint density at radius 3 is 2.82 bits per heavy atom. The standard InChI is InChI=1S/C10H11F3N2O2/c11-10(12,13)3-4-14-9(16)7-8(6-1-2-6)17-5-15-7/h5-6H,1-4H2,(H,14,16). The van der Waals surface area contributed by atoms with Crippen LogP contribution in [-0.4, -0.2) is 23.6 Å². The summed E-state index contributed by atoms with van der Waals surface area (Å²) in [6.07, 6.45) is -2.31. The van der Waals surface area contributed by atoms with Crippen LogP contribution in [0.3, 0.4) is 0 Å². The Morgan fingerprint density at radius 2 is 2.24 bits per heavy atom. The highest BCUT2D eigenvalue weighted by Crippen LogP contribution is 2.41. The molecule has 1 aromatic rings. The predicted octanol–water partition coefficient (Wildman–Crippen LogP) is 2.23. The van der Waals surface area contributed by atoms with Gasteiger partial charge in [-0.15, -0.1) is 0 Å². The molecule has 1 saturated carbocycles. The van der Waals surface area contributed by atoms with Crippen molar-refractivity contribution in [2.24, 2.45) is 0 Å². The minimum atomic E-state index is -4.27. The van der Waals surface area contributed by atoms with E-state index in [0.29, 0.717) is 5.76 Å². The maximum absolute atomic E-state index is 11.9. The summed E-state index contributed by atoms with van der Waals surface area (Å²) < 4.78 is 40.7. The quantitative estimate of drug-likeness (QED) is 0.888. The SMILES string of the molecule is O=C(NCCC(F)(F)F)c1ncoc1C1CC1. The Hall–Kier alpha value is -1.53. The molecule has 0 atom stereocenters. The van der Waals surface area contributed by atoms with Crippen molar-refractivity contribution < 1.29 is 22.4 Å². The molecule has 1 aliphatic carbocycles. The smallest absolute Gasteiger partial charge is 0.390 e. The van der Waals surface area contributed by atoms with E-state index in [4.69, 9.17) is 4.42 Å². The summed E-state index contributed by atoms with van der Waals surface area (Å²) in [7, 11) is 0. The van der Waals surface area contributed by atoms with Gasteiger partial charge in [-0.25, -0.2) is 4.98 Å². The number of amides is 1. The van der Waals surface area contributed by atoms with Crippen molar-refractivity contribution >= 4 is 5.91 Å². The summed E-state index contributed by atoms with van der Waals surface area (Å²) in [4.78, 5) is 15.3. The van der Waals surface area contributed by atoms with Gasteiger partial charge in [-0.2, -0.15) is 13.2 Å². The maximum Gasteiger partial charge on any atom is 0.390 e. The summed E-state index contributed by atoms with van der Waals surface area (Å²) in [6.45, 7) is -0.445. The highest BCUT2D eigenvalue weighted by Gasteiger charge is 2.33. The van der Waals surface area contributed by atoms with E-state index >= 15 is 0 Å². The number of hydrogen-bond donors (Lipinski definition) is 1. The number of aromatic nitrogens is 1. The Bertz CT molecular complexity index is 410. The summed E-state index contributed by atoms with van der Waals surface area (Å²) in [5.41, 5.74) is 0.106. The van der Waals surface area contributed by atoms with Gasteiger partial charge in [0.2, 0.25) is 0 Å². The molecule has 17 heavy (non-hydrogen) atoms. The molecule has 1 heterocycles. The molecule has 1 N–H and O–H groups in total. The summed E-state index contributed by atoms with van der Waals surface area (Å²) in [5, 5.41) is 2.18. The first-order valence-electron chi connectivity index (χ1n) is 5.25. The van der Waals surface area contributed by atoms with Gasteiger partial charge in [-0.3, -0.25) is 4.79 Å². The van der Waals surface area contributed by atoms with E-state index in [2.05, 4.69) is 10.3 Å². The zero-order chi connectivity index (χ0) is 12.5. The minimum absolute atomic E-state index is 0.106. The summed E-state index contributed by atoms with van der Waals surface area (Å²) in [6, 6.07) is 0. The Labute approximate surface area is 95.2 Å². The van der Waals surface area contributed by atoms with Gasteiger partial charge in [0.05, 0.1) is 6.42 Å². The Morgan fingerprint density at radius 1 is 1.53 bits per heavy atom. The van der Waals surface area contributed by atoms with Gasteiger partial charge in [0.15, 0.2) is 12.1 Å². The van der Waals surface area contributed by atoms with Gasteiger partial charge in [0, 0.05) is 12.5 Å². The molecule has 0 aromatic carbocycles. The van der Waals surface area contributed by atoms with Crippen molar-refractivity contribution in [1.82, 2.24) is 10.3 Å². The molecule has 1 fully saturated rings. The van der Waals surface area contributed by atoms with Crippen LogP contribution in [0.2, 0.25) is 0 Å². The van der Waals surface area contributed by atoms with Crippen LogP contribution in [0.1, 0.15) is 41.4 Å². The number of nitrogens with one attached hydrogen (secondary N) is 1. The zero-order valence-electron chi connectivity index (χ0n) is 8.88. The van der Waals surface area contributed by atoms with Crippen molar-refractivity contribution in [3.05, 3.63) is 17.8 Å². The molecular weight excluding hydrogens is 237 g/mol. The van der Waals surface area contributed by atoms with Gasteiger partial charge in [0.25, 0.3) is 5.91 Å². The lowest BCUT2D eigenvalue weighted by Gasteiger charge is -2.07. The van der Waals surface area contributed by atoms with E-state index in [9.17, 15) is 18.0 Å². The molecule has 1 aliphatic rings. The first-order valence-corrected chi connectivity index (χ1v) is 5.25. The number of alkyl halides is 3. The van der Waals surface area contributed by atoms with E-state index in [1.54, 1.807) is 0 Å². The molecular formula is C10H11F3N2O2. The van der Waals surface area contributed by atoms with E-state index < -0.39 is 25.0 Å². The van der Waals surface area contributed by atoms with Crippen molar-refractivity contribution in [3.63, 3.8) is 0 Å². The molecule has 0 unspecified atom stereocenters. The molecule has 0 bridgehead atoms. The van der Waals surface area contributed by atoms with E-state index in [1.165, 1.54) is 0 Å². The highest BCUT2D eigenvalue weighted by molar-refractivity contribution is 5.93. The van der Waals surface area contributed by atoms with Gasteiger partial charge >= 0.3 is 6.18 Å². The van der Waals surface area contributed by atoms with Gasteiger partial charge in [-0.05, 0) is 12.8 Å². The Balaban J connectivity index is 1.89. The molecule has 4 nitrogen and oxygen atoms in total. The second-order valence-corrected chi connectivity index (χ2v) is 3.96. The fourth-order valence-corrected chi connectivity index (χ4v) is 1.46. The summed E-state index contributed by atoms with van der Waals surface area (Å²) in [5.74, 6) is 0.0697. The number of oxazole rings is 1. The van der Waals surface area contributed by atoms with Crippen LogP contribution in [-0.2, 0) is 0 Å². The topological polar surface area (TPSA) is 55.1 Å². The number of hydrogen-bond acceptors (Lipinski definition) is 3. The largest absolute Gasteiger partial charge is 0.447 e. The maximum atomic E-state index is 11.9. The first kappa shape index (κ1) is 11.9. The monoisotopic (exact) mass is 248 g/mol. The summed E-state index contributed by atoms with van der Waals surface area (Å²) >= 11 is 0. The van der Waals surface area contributed by atoms with Crippen molar-refractivity contribution in [3.8, 4) is 0 Å². The van der Waals surface area contributed by atoms with Crippen LogP contribution in [0.5, 0.6) is 0 Å². The van der Waals surface area contributed by atoms with E-state index in [0.717, 1.165) is 19.2 Å². The van der Waals surface area contributed by atoms with Gasteiger partial charge in [0.1, 0.15) is 5.76 Å². The zero-order valence-corrected chi connectivity index (χ0v) is 8.88. The third kappa shape index (κ3) is 3.21. The fourth-order valence-electron chi connectivity index (χ4n) is 1.46. The first-order chi connectivity index (χ1) is 7.97. The lowest BCUT2D eigenvalue weighted by Crippen LogP contribution is -2.28. The van der Waals surface area contributed by atoms with Crippen LogP contribution < -0.4 is 5.32 Å². The van der Waals surface area contributed by atoms with Crippen LogP contribution in [0.4, 0.5) is 13.2 Å².